The molecule has 0 radical (unpaired) electrons. The number of carbonyl (C=O) groups excluding carboxylic acids is 1. The second-order valence-electron chi connectivity index (χ2n) is 5.54. The van der Waals surface area contributed by atoms with E-state index in [0.717, 1.165) is 17.0 Å². The third-order valence-corrected chi connectivity index (χ3v) is 4.34. The summed E-state index contributed by atoms with van der Waals surface area (Å²) in [5.74, 6) is -0.0662. The maximum Gasteiger partial charge on any atom is 0.244 e. The van der Waals surface area contributed by atoms with E-state index in [1.807, 2.05) is 62.8 Å². The highest BCUT2D eigenvalue weighted by atomic mass is 32.1. The summed E-state index contributed by atoms with van der Waals surface area (Å²) in [6.45, 7) is 2.81. The molecule has 0 bridgehead atoms. The van der Waals surface area contributed by atoms with Crippen molar-refractivity contribution in [2.45, 2.75) is 13.0 Å². The van der Waals surface area contributed by atoms with Crippen LogP contribution in [0.4, 0.5) is 0 Å². The second kappa shape index (κ2) is 7.92. The Labute approximate surface area is 136 Å². The van der Waals surface area contributed by atoms with E-state index in [4.69, 9.17) is 0 Å². The molecule has 0 fully saturated rings. The highest BCUT2D eigenvalue weighted by molar-refractivity contribution is 7.11. The Morgan fingerprint density at radius 1 is 1.27 bits per heavy atom. The third-order valence-electron chi connectivity index (χ3n) is 3.35. The van der Waals surface area contributed by atoms with Gasteiger partial charge in [-0.05, 0) is 49.7 Å². The van der Waals surface area contributed by atoms with Crippen LogP contribution in [0.1, 0.15) is 22.0 Å². The summed E-state index contributed by atoms with van der Waals surface area (Å²) in [5, 5.41) is 5.12. The zero-order valence-corrected chi connectivity index (χ0v) is 14.1. The van der Waals surface area contributed by atoms with E-state index in [-0.39, 0.29) is 11.9 Å². The molecule has 0 aliphatic heterocycles. The Kier molecular flexibility index (Phi) is 5.92. The van der Waals surface area contributed by atoms with E-state index in [9.17, 15) is 4.79 Å². The first kappa shape index (κ1) is 16.5. The zero-order chi connectivity index (χ0) is 15.9. The fraction of sp³-hybridized carbons (Fsp3) is 0.278. The van der Waals surface area contributed by atoms with Crippen molar-refractivity contribution in [3.05, 3.63) is 63.9 Å². The standard InChI is InChI=1S/C18H22N2OS/c1-14-11-12-22-17(14)9-10-18(21)19-16(13-20(2)3)15-7-5-4-6-8-15/h4-12,16H,13H2,1-3H3,(H,19,21)/b10-9+. The molecule has 0 aliphatic carbocycles. The number of rotatable bonds is 6. The fourth-order valence-corrected chi connectivity index (χ4v) is 3.03. The van der Waals surface area contributed by atoms with Gasteiger partial charge in [-0.1, -0.05) is 30.3 Å². The van der Waals surface area contributed by atoms with E-state index < -0.39 is 0 Å². The Morgan fingerprint density at radius 2 is 2.00 bits per heavy atom. The van der Waals surface area contributed by atoms with E-state index in [2.05, 4.69) is 16.3 Å². The largest absolute Gasteiger partial charge is 0.344 e. The van der Waals surface area contributed by atoms with Crippen LogP contribution in [0.15, 0.2) is 47.9 Å². The molecule has 1 N–H and O–H groups in total. The summed E-state index contributed by atoms with van der Waals surface area (Å²) in [6, 6.07) is 12.1. The summed E-state index contributed by atoms with van der Waals surface area (Å²) < 4.78 is 0. The molecule has 116 valence electrons. The van der Waals surface area contributed by atoms with Crippen LogP contribution in [-0.4, -0.2) is 31.4 Å². The number of hydrogen-bond donors (Lipinski definition) is 1. The van der Waals surface area contributed by atoms with Crippen LogP contribution in [0.25, 0.3) is 6.08 Å². The first-order valence-electron chi connectivity index (χ1n) is 7.28. The number of carbonyl (C=O) groups is 1. The zero-order valence-electron chi connectivity index (χ0n) is 13.2. The molecule has 1 aromatic heterocycles. The summed E-state index contributed by atoms with van der Waals surface area (Å²) >= 11 is 1.64. The van der Waals surface area contributed by atoms with Crippen LogP contribution in [0.2, 0.25) is 0 Å². The molecular formula is C18H22N2OS. The molecular weight excluding hydrogens is 292 g/mol. The quantitative estimate of drug-likeness (QED) is 0.828. The van der Waals surface area contributed by atoms with Gasteiger partial charge in [0.15, 0.2) is 0 Å². The molecule has 1 unspecified atom stereocenters. The second-order valence-corrected chi connectivity index (χ2v) is 6.48. The Hall–Kier alpha value is -1.91. The molecule has 1 atom stereocenters. The topological polar surface area (TPSA) is 32.3 Å². The van der Waals surface area contributed by atoms with Crippen molar-refractivity contribution in [3.8, 4) is 0 Å². The van der Waals surface area contributed by atoms with Crippen molar-refractivity contribution >= 4 is 23.3 Å². The van der Waals surface area contributed by atoms with Gasteiger partial charge in [0.05, 0.1) is 6.04 Å². The van der Waals surface area contributed by atoms with Crippen molar-refractivity contribution in [1.29, 1.82) is 0 Å². The average Bonchev–Trinajstić information content (AvgIpc) is 2.90. The smallest absolute Gasteiger partial charge is 0.244 e. The van der Waals surface area contributed by atoms with Crippen LogP contribution in [0, 0.1) is 6.92 Å². The van der Waals surface area contributed by atoms with Gasteiger partial charge in [-0.25, -0.2) is 0 Å². The maximum atomic E-state index is 12.2. The predicted molar refractivity (Wildman–Crippen MR) is 94.0 cm³/mol. The number of nitrogens with one attached hydrogen (secondary N) is 1. The van der Waals surface area contributed by atoms with Gasteiger partial charge in [-0.2, -0.15) is 0 Å². The number of hydrogen-bond acceptors (Lipinski definition) is 3. The van der Waals surface area contributed by atoms with E-state index in [1.165, 1.54) is 5.56 Å². The Balaban J connectivity index is 2.05. The van der Waals surface area contributed by atoms with Gasteiger partial charge in [0.1, 0.15) is 0 Å². The molecule has 1 amide bonds. The number of likely N-dealkylation sites (N-methyl/N-ethyl adjacent to an activating group) is 1. The van der Waals surface area contributed by atoms with Gasteiger partial charge < -0.3 is 10.2 Å². The number of nitrogens with zero attached hydrogens (tertiary/aromatic N) is 1. The summed E-state index contributed by atoms with van der Waals surface area (Å²) in [6.07, 6.45) is 3.50. The van der Waals surface area contributed by atoms with Crippen molar-refractivity contribution in [3.63, 3.8) is 0 Å². The van der Waals surface area contributed by atoms with Crippen LogP contribution < -0.4 is 5.32 Å². The number of amides is 1. The van der Waals surface area contributed by atoms with E-state index in [1.54, 1.807) is 17.4 Å². The first-order valence-corrected chi connectivity index (χ1v) is 8.16. The first-order chi connectivity index (χ1) is 10.6. The van der Waals surface area contributed by atoms with Gasteiger partial charge in [0.25, 0.3) is 0 Å². The highest BCUT2D eigenvalue weighted by Crippen LogP contribution is 2.17. The maximum absolute atomic E-state index is 12.2. The van der Waals surface area contributed by atoms with Crippen LogP contribution >= 0.6 is 11.3 Å². The van der Waals surface area contributed by atoms with Crippen LogP contribution in [-0.2, 0) is 4.79 Å². The molecule has 2 rings (SSSR count). The van der Waals surface area contributed by atoms with Crippen LogP contribution in [0.3, 0.4) is 0 Å². The van der Waals surface area contributed by atoms with Crippen molar-refractivity contribution in [1.82, 2.24) is 10.2 Å². The monoisotopic (exact) mass is 314 g/mol. The van der Waals surface area contributed by atoms with Crippen LogP contribution in [0.5, 0.6) is 0 Å². The molecule has 2 aromatic rings. The summed E-state index contributed by atoms with van der Waals surface area (Å²) in [7, 11) is 4.01. The SMILES string of the molecule is Cc1ccsc1/C=C/C(=O)NC(CN(C)C)c1ccccc1. The van der Waals surface area contributed by atoms with Gasteiger partial charge in [-0.3, -0.25) is 4.79 Å². The molecule has 4 heteroatoms. The lowest BCUT2D eigenvalue weighted by atomic mass is 10.1. The lowest BCUT2D eigenvalue weighted by Gasteiger charge is -2.22. The van der Waals surface area contributed by atoms with E-state index >= 15 is 0 Å². The predicted octanol–water partition coefficient (Wildman–Crippen LogP) is 3.49. The van der Waals surface area contributed by atoms with E-state index in [0.29, 0.717) is 0 Å². The average molecular weight is 314 g/mol. The minimum Gasteiger partial charge on any atom is -0.344 e. The molecule has 22 heavy (non-hydrogen) atoms. The Morgan fingerprint density at radius 3 is 2.59 bits per heavy atom. The van der Waals surface area contributed by atoms with Gasteiger partial charge in [0, 0.05) is 17.5 Å². The number of aryl methyl sites for hydroxylation is 1. The minimum atomic E-state index is -0.0662. The lowest BCUT2D eigenvalue weighted by molar-refractivity contribution is -0.117. The summed E-state index contributed by atoms with van der Waals surface area (Å²) in [4.78, 5) is 15.4. The number of thiophene rings is 1. The highest BCUT2D eigenvalue weighted by Gasteiger charge is 2.14. The van der Waals surface area contributed by atoms with Crippen molar-refractivity contribution < 1.29 is 4.79 Å². The molecule has 1 heterocycles. The molecule has 0 aliphatic rings. The molecule has 3 nitrogen and oxygen atoms in total. The number of benzene rings is 1. The lowest BCUT2D eigenvalue weighted by Crippen LogP contribution is -2.34. The third kappa shape index (κ3) is 4.83. The van der Waals surface area contributed by atoms with Gasteiger partial charge >= 0.3 is 0 Å². The fourth-order valence-electron chi connectivity index (χ4n) is 2.21. The Bertz CT molecular complexity index is 632. The van der Waals surface area contributed by atoms with Crippen molar-refractivity contribution in [2.75, 3.05) is 20.6 Å². The van der Waals surface area contributed by atoms with Gasteiger partial charge in [-0.15, -0.1) is 11.3 Å². The van der Waals surface area contributed by atoms with Gasteiger partial charge in [0.2, 0.25) is 5.91 Å². The summed E-state index contributed by atoms with van der Waals surface area (Å²) in [5.41, 5.74) is 2.31. The molecule has 0 spiro atoms. The minimum absolute atomic E-state index is 0.0159. The normalized spacial score (nSPS) is 12.7. The van der Waals surface area contributed by atoms with Crippen molar-refractivity contribution in [2.24, 2.45) is 0 Å². The molecule has 1 aromatic carbocycles. The molecule has 0 saturated carbocycles. The molecule has 0 saturated heterocycles.